The highest BCUT2D eigenvalue weighted by atomic mass is 32.1. The van der Waals surface area contributed by atoms with Gasteiger partial charge in [0, 0.05) is 23.3 Å². The van der Waals surface area contributed by atoms with Crippen molar-refractivity contribution in [2.45, 2.75) is 46.3 Å². The zero-order valence-electron chi connectivity index (χ0n) is 18.3. The molecule has 0 aromatic carbocycles. The molecule has 0 bridgehead atoms. The van der Waals surface area contributed by atoms with Crippen molar-refractivity contribution in [3.8, 4) is 10.6 Å². The number of esters is 1. The van der Waals surface area contributed by atoms with Gasteiger partial charge >= 0.3 is 12.1 Å². The Morgan fingerprint density at radius 2 is 1.81 bits per heavy atom. The first-order chi connectivity index (χ1) is 14.6. The number of hydrogen-bond donors (Lipinski definition) is 3. The van der Waals surface area contributed by atoms with Gasteiger partial charge in [0.25, 0.3) is 5.91 Å². The molecule has 0 spiro atoms. The van der Waals surface area contributed by atoms with E-state index in [2.05, 4.69) is 30.3 Å². The Morgan fingerprint density at radius 3 is 2.32 bits per heavy atom. The van der Waals surface area contributed by atoms with Crippen LogP contribution in [0.25, 0.3) is 10.6 Å². The van der Waals surface area contributed by atoms with E-state index in [1.807, 2.05) is 13.8 Å². The summed E-state index contributed by atoms with van der Waals surface area (Å²) in [5.74, 6) is -1.35. The number of ether oxygens (including phenoxy) is 2. The number of nitrogens with one attached hydrogen (secondary N) is 2. The largest absolute Gasteiger partial charge is 0.467 e. The molecular formula is C19H27N5O6S. The first-order valence-electron chi connectivity index (χ1n) is 9.40. The first kappa shape index (κ1) is 25.9. The van der Waals surface area contributed by atoms with E-state index in [-0.39, 0.29) is 11.6 Å². The van der Waals surface area contributed by atoms with Crippen LogP contribution in [0.1, 0.15) is 45.1 Å². The van der Waals surface area contributed by atoms with E-state index in [0.29, 0.717) is 10.6 Å². The van der Waals surface area contributed by atoms with Crippen LogP contribution in [-0.4, -0.2) is 63.4 Å². The number of aliphatic hydroxyl groups is 1. The van der Waals surface area contributed by atoms with Crippen LogP contribution >= 0.6 is 11.3 Å². The van der Waals surface area contributed by atoms with Crippen LogP contribution in [0.3, 0.4) is 0 Å². The highest BCUT2D eigenvalue weighted by molar-refractivity contribution is 7.13. The maximum atomic E-state index is 12.2. The Morgan fingerprint density at radius 1 is 1.19 bits per heavy atom. The predicted octanol–water partition coefficient (Wildman–Crippen LogP) is 2.24. The molecule has 12 heteroatoms. The standard InChI is InChI=1S/C17H21N5O6S.C2H6/c1-17(2,3)28-16(26)22-15-18-5-9(6-19-15)13-21-11(8-29-13)12(24)20-10(7-23)14(25)27-4;1-2/h5-6,8,10,23H,7H2,1-4H3,(H,20,24)(H,18,19,22,26);1-2H3. The van der Waals surface area contributed by atoms with Gasteiger partial charge in [-0.1, -0.05) is 13.8 Å². The molecule has 0 fully saturated rings. The minimum atomic E-state index is -1.18. The van der Waals surface area contributed by atoms with Crippen LogP contribution in [0, 0.1) is 0 Å². The minimum absolute atomic E-state index is 0.0568. The summed E-state index contributed by atoms with van der Waals surface area (Å²) in [6.45, 7) is 8.61. The van der Waals surface area contributed by atoms with Gasteiger partial charge in [-0.25, -0.2) is 24.5 Å². The first-order valence-corrected chi connectivity index (χ1v) is 10.3. The Bertz CT molecular complexity index is 879. The molecule has 2 rings (SSSR count). The van der Waals surface area contributed by atoms with Crippen LogP contribution in [0.5, 0.6) is 0 Å². The Hall–Kier alpha value is -3.12. The quantitative estimate of drug-likeness (QED) is 0.559. The van der Waals surface area contributed by atoms with Crippen molar-refractivity contribution in [1.82, 2.24) is 20.3 Å². The molecule has 0 aliphatic heterocycles. The molecule has 0 radical (unpaired) electrons. The van der Waals surface area contributed by atoms with Gasteiger partial charge in [-0.2, -0.15) is 0 Å². The number of methoxy groups -OCH3 is 1. The smallest absolute Gasteiger partial charge is 0.414 e. The average Bonchev–Trinajstić information content (AvgIpc) is 3.22. The lowest BCUT2D eigenvalue weighted by Gasteiger charge is -2.19. The van der Waals surface area contributed by atoms with E-state index in [1.54, 1.807) is 20.8 Å². The second-order valence-electron chi connectivity index (χ2n) is 6.69. The summed E-state index contributed by atoms with van der Waals surface area (Å²) in [4.78, 5) is 47.6. The van der Waals surface area contributed by atoms with Crippen LogP contribution in [0.15, 0.2) is 17.8 Å². The van der Waals surface area contributed by atoms with Gasteiger partial charge in [0.1, 0.15) is 16.3 Å². The predicted molar refractivity (Wildman–Crippen MR) is 115 cm³/mol. The lowest BCUT2D eigenvalue weighted by atomic mass is 10.2. The molecule has 3 N–H and O–H groups in total. The topological polar surface area (TPSA) is 153 Å². The number of hydrogen-bond acceptors (Lipinski definition) is 10. The van der Waals surface area contributed by atoms with E-state index >= 15 is 0 Å². The maximum absolute atomic E-state index is 12.2. The van der Waals surface area contributed by atoms with Crippen molar-refractivity contribution in [2.24, 2.45) is 0 Å². The van der Waals surface area contributed by atoms with Crippen LogP contribution in [0.4, 0.5) is 10.7 Å². The molecule has 1 atom stereocenters. The summed E-state index contributed by atoms with van der Waals surface area (Å²) in [6, 6.07) is -1.18. The van der Waals surface area contributed by atoms with Crippen molar-refractivity contribution in [1.29, 1.82) is 0 Å². The van der Waals surface area contributed by atoms with E-state index in [9.17, 15) is 14.4 Å². The molecule has 31 heavy (non-hydrogen) atoms. The molecule has 170 valence electrons. The number of carbonyl (C=O) groups excluding carboxylic acids is 3. The molecule has 2 amide bonds. The summed E-state index contributed by atoms with van der Waals surface area (Å²) in [5, 5.41) is 15.9. The Kier molecular flexibility index (Phi) is 9.96. The third-order valence-electron chi connectivity index (χ3n) is 3.22. The van der Waals surface area contributed by atoms with Crippen LogP contribution in [-0.2, 0) is 14.3 Å². The minimum Gasteiger partial charge on any atom is -0.467 e. The molecule has 2 aromatic heterocycles. The molecule has 0 aliphatic rings. The molecule has 2 heterocycles. The highest BCUT2D eigenvalue weighted by Crippen LogP contribution is 2.23. The zero-order chi connectivity index (χ0) is 23.6. The fraction of sp³-hybridized carbons (Fsp3) is 0.474. The second-order valence-corrected chi connectivity index (χ2v) is 7.55. The van der Waals surface area contributed by atoms with E-state index in [0.717, 1.165) is 18.4 Å². The maximum Gasteiger partial charge on any atom is 0.414 e. The summed E-state index contributed by atoms with van der Waals surface area (Å²) < 4.78 is 9.61. The van der Waals surface area contributed by atoms with Crippen molar-refractivity contribution in [2.75, 3.05) is 19.0 Å². The van der Waals surface area contributed by atoms with E-state index in [1.165, 1.54) is 17.8 Å². The molecule has 2 aromatic rings. The number of thiazole rings is 1. The van der Waals surface area contributed by atoms with E-state index in [4.69, 9.17) is 9.84 Å². The molecule has 0 saturated carbocycles. The molecule has 0 aliphatic carbocycles. The van der Waals surface area contributed by atoms with Crippen molar-refractivity contribution < 1.29 is 29.0 Å². The monoisotopic (exact) mass is 453 g/mol. The number of amides is 2. The number of carbonyl (C=O) groups is 3. The lowest BCUT2D eigenvalue weighted by molar-refractivity contribution is -0.143. The Balaban J connectivity index is 0.00000233. The Labute approximate surface area is 184 Å². The van der Waals surface area contributed by atoms with Crippen LogP contribution < -0.4 is 10.6 Å². The van der Waals surface area contributed by atoms with Crippen molar-refractivity contribution in [3.63, 3.8) is 0 Å². The van der Waals surface area contributed by atoms with E-state index < -0.39 is 36.2 Å². The van der Waals surface area contributed by atoms with Crippen LogP contribution in [0.2, 0.25) is 0 Å². The zero-order valence-corrected chi connectivity index (χ0v) is 19.1. The highest BCUT2D eigenvalue weighted by Gasteiger charge is 2.23. The van der Waals surface area contributed by atoms with Gasteiger partial charge in [-0.3, -0.25) is 10.1 Å². The number of anilines is 1. The number of rotatable bonds is 6. The van der Waals surface area contributed by atoms with Crippen molar-refractivity contribution in [3.05, 3.63) is 23.5 Å². The van der Waals surface area contributed by atoms with Gasteiger partial charge in [0.05, 0.1) is 13.7 Å². The third kappa shape index (κ3) is 8.26. The average molecular weight is 454 g/mol. The number of aromatic nitrogens is 3. The summed E-state index contributed by atoms with van der Waals surface area (Å²) >= 11 is 1.16. The van der Waals surface area contributed by atoms with Gasteiger partial charge in [0.2, 0.25) is 5.95 Å². The van der Waals surface area contributed by atoms with Crippen molar-refractivity contribution >= 4 is 35.3 Å². The number of aliphatic hydroxyl groups excluding tert-OH is 1. The molecule has 1 unspecified atom stereocenters. The molecule has 11 nitrogen and oxygen atoms in total. The number of nitrogens with zero attached hydrogens (tertiary/aromatic N) is 3. The fourth-order valence-corrected chi connectivity index (χ4v) is 2.74. The van der Waals surface area contributed by atoms with Gasteiger partial charge in [-0.05, 0) is 20.8 Å². The van der Waals surface area contributed by atoms with Gasteiger partial charge in [-0.15, -0.1) is 11.3 Å². The molecule has 0 saturated heterocycles. The third-order valence-corrected chi connectivity index (χ3v) is 4.11. The molecular weight excluding hydrogens is 426 g/mol. The second kappa shape index (κ2) is 11.9. The van der Waals surface area contributed by atoms with Gasteiger partial charge in [0.15, 0.2) is 6.04 Å². The fourth-order valence-electron chi connectivity index (χ4n) is 1.96. The summed E-state index contributed by atoms with van der Waals surface area (Å²) in [7, 11) is 1.15. The summed E-state index contributed by atoms with van der Waals surface area (Å²) in [5.41, 5.74) is -0.0658. The van der Waals surface area contributed by atoms with Gasteiger partial charge < -0.3 is 19.9 Å². The SMILES string of the molecule is CC.COC(=O)C(CO)NC(=O)c1csc(-c2cnc(NC(=O)OC(C)(C)C)nc2)n1. The lowest BCUT2D eigenvalue weighted by Crippen LogP contribution is -2.44. The summed E-state index contributed by atoms with van der Waals surface area (Å²) in [6.07, 6.45) is 2.19. The normalized spacial score (nSPS) is 11.5.